The number of halogens is 4. The number of aryl methyl sites for hydroxylation is 2. The van der Waals surface area contributed by atoms with Crippen molar-refractivity contribution in [2.24, 2.45) is 7.05 Å². The molecule has 3 heterocycles. The van der Waals surface area contributed by atoms with Gasteiger partial charge < -0.3 is 14.0 Å². The van der Waals surface area contributed by atoms with Crippen LogP contribution in [0.4, 0.5) is 13.2 Å². The summed E-state index contributed by atoms with van der Waals surface area (Å²) in [5.74, 6) is 1.62. The van der Waals surface area contributed by atoms with Gasteiger partial charge in [0.2, 0.25) is 11.8 Å². The molecular weight excluding hydrogens is 509 g/mol. The Morgan fingerprint density at radius 2 is 1.89 bits per heavy atom. The van der Waals surface area contributed by atoms with Gasteiger partial charge in [-0.3, -0.25) is 0 Å². The van der Waals surface area contributed by atoms with E-state index < -0.39 is 11.9 Å². The van der Waals surface area contributed by atoms with Crippen molar-refractivity contribution in [3.63, 3.8) is 0 Å². The number of hydrogen-bond acceptors (Lipinski definition) is 7. The molecule has 5 rings (SSSR count). The van der Waals surface area contributed by atoms with Crippen LogP contribution in [0.5, 0.6) is 11.8 Å². The Balaban J connectivity index is 1.39. The first kappa shape index (κ1) is 24.9. The fourth-order valence-electron chi connectivity index (χ4n) is 3.94. The van der Waals surface area contributed by atoms with Gasteiger partial charge in [0, 0.05) is 36.5 Å². The topological polar surface area (TPSA) is 87.8 Å². The summed E-state index contributed by atoms with van der Waals surface area (Å²) in [6, 6.07) is 4.98. The number of aromatic nitrogens is 6. The average Bonchev–Trinajstić information content (AvgIpc) is 3.64. The molecule has 0 N–H and O–H groups in total. The van der Waals surface area contributed by atoms with E-state index >= 15 is 0 Å². The predicted octanol–water partition coefficient (Wildman–Crippen LogP) is 5.78. The van der Waals surface area contributed by atoms with Gasteiger partial charge in [0.1, 0.15) is 24.3 Å². The summed E-state index contributed by atoms with van der Waals surface area (Å²) in [5, 5.41) is 0.254. The largest absolute Gasteiger partial charge is 0.480 e. The van der Waals surface area contributed by atoms with Crippen LogP contribution in [0, 0.1) is 6.92 Å². The molecule has 0 amide bonds. The lowest BCUT2D eigenvalue weighted by Gasteiger charge is -2.13. The normalized spacial score (nSPS) is 13.6. The number of nitrogens with zero attached hydrogens (tertiary/aromatic N) is 6. The SMILES string of the molecule is COc1ncnc(C2CC2)c1-c1ncc(C)c(OCc2ccc(-c3nc(C(F)(F)F)cn3C)c(Cl)c2)n1. The van der Waals surface area contributed by atoms with E-state index in [1.54, 1.807) is 24.4 Å². The van der Waals surface area contributed by atoms with Gasteiger partial charge in [-0.15, -0.1) is 0 Å². The molecule has 0 bridgehead atoms. The molecular formula is C25H22ClF3N6O2. The van der Waals surface area contributed by atoms with Crippen molar-refractivity contribution < 1.29 is 22.6 Å². The van der Waals surface area contributed by atoms with Crippen LogP contribution in [0.2, 0.25) is 5.02 Å². The van der Waals surface area contributed by atoms with E-state index in [1.807, 2.05) is 6.92 Å². The minimum absolute atomic E-state index is 0.117. The quantitative estimate of drug-likeness (QED) is 0.299. The summed E-state index contributed by atoms with van der Waals surface area (Å²) in [6.45, 7) is 1.96. The molecule has 8 nitrogen and oxygen atoms in total. The predicted molar refractivity (Wildman–Crippen MR) is 129 cm³/mol. The molecule has 1 aliphatic carbocycles. The van der Waals surface area contributed by atoms with Gasteiger partial charge in [0.05, 0.1) is 17.8 Å². The maximum absolute atomic E-state index is 13.0. The lowest BCUT2D eigenvalue weighted by molar-refractivity contribution is -0.140. The van der Waals surface area contributed by atoms with Crippen LogP contribution in [0.3, 0.4) is 0 Å². The van der Waals surface area contributed by atoms with E-state index in [9.17, 15) is 13.2 Å². The van der Waals surface area contributed by atoms with Crippen molar-refractivity contribution in [3.8, 4) is 34.5 Å². The fourth-order valence-corrected chi connectivity index (χ4v) is 4.23. The summed E-state index contributed by atoms with van der Waals surface area (Å²) >= 11 is 6.42. The summed E-state index contributed by atoms with van der Waals surface area (Å²) in [6.07, 6.45) is 1.60. The summed E-state index contributed by atoms with van der Waals surface area (Å²) in [4.78, 5) is 21.4. The van der Waals surface area contributed by atoms with E-state index in [2.05, 4.69) is 24.9 Å². The molecule has 192 valence electrons. The Bertz CT molecular complexity index is 1470. The highest BCUT2D eigenvalue weighted by Gasteiger charge is 2.35. The van der Waals surface area contributed by atoms with E-state index in [4.69, 9.17) is 21.1 Å². The van der Waals surface area contributed by atoms with Gasteiger partial charge >= 0.3 is 6.18 Å². The molecule has 4 aromatic rings. The summed E-state index contributed by atoms with van der Waals surface area (Å²) < 4.78 is 51.9. The molecule has 0 aliphatic heterocycles. The first-order valence-electron chi connectivity index (χ1n) is 11.4. The van der Waals surface area contributed by atoms with E-state index in [0.717, 1.165) is 30.3 Å². The zero-order chi connectivity index (χ0) is 26.3. The highest BCUT2D eigenvalue weighted by atomic mass is 35.5. The number of ether oxygens (including phenoxy) is 2. The highest BCUT2D eigenvalue weighted by Crippen LogP contribution is 2.45. The van der Waals surface area contributed by atoms with Gasteiger partial charge in [0.25, 0.3) is 0 Å². The third-order valence-electron chi connectivity index (χ3n) is 5.96. The van der Waals surface area contributed by atoms with Crippen molar-refractivity contribution in [1.29, 1.82) is 0 Å². The van der Waals surface area contributed by atoms with Crippen LogP contribution in [-0.2, 0) is 19.8 Å². The van der Waals surface area contributed by atoms with Crippen molar-refractivity contribution in [2.75, 3.05) is 7.11 Å². The molecule has 1 saturated carbocycles. The average molecular weight is 531 g/mol. The Morgan fingerprint density at radius 1 is 1.11 bits per heavy atom. The second-order valence-corrected chi connectivity index (χ2v) is 9.17. The van der Waals surface area contributed by atoms with Gasteiger partial charge in [-0.25, -0.2) is 19.9 Å². The van der Waals surface area contributed by atoms with E-state index in [1.165, 1.54) is 25.1 Å². The number of alkyl halides is 3. The van der Waals surface area contributed by atoms with Crippen molar-refractivity contribution in [2.45, 2.75) is 38.5 Å². The lowest BCUT2D eigenvalue weighted by Crippen LogP contribution is -2.05. The van der Waals surface area contributed by atoms with Gasteiger partial charge in [-0.05, 0) is 37.5 Å². The summed E-state index contributed by atoms with van der Waals surface area (Å²) in [5.41, 5.74) is 2.34. The molecule has 0 unspecified atom stereocenters. The van der Waals surface area contributed by atoms with Crippen LogP contribution in [0.15, 0.2) is 36.9 Å². The molecule has 1 aliphatic rings. The standard InChI is InChI=1S/C25H22ClF3N6O2/c1-13-9-30-21(19-20(15-5-6-15)31-12-32-24(19)36-3)34-23(13)37-11-14-4-7-16(17(26)8-14)22-33-18(10-35(22)2)25(27,28)29/h4,7-10,12,15H,5-6,11H2,1-3H3. The third-order valence-corrected chi connectivity index (χ3v) is 6.28. The molecule has 1 fully saturated rings. The minimum atomic E-state index is -4.54. The molecule has 0 spiro atoms. The van der Waals surface area contributed by atoms with Crippen LogP contribution in [-0.4, -0.2) is 36.6 Å². The number of hydrogen-bond donors (Lipinski definition) is 0. The van der Waals surface area contributed by atoms with Crippen molar-refractivity contribution in [3.05, 3.63) is 64.5 Å². The first-order chi connectivity index (χ1) is 17.7. The Labute approximate surface area is 215 Å². The monoisotopic (exact) mass is 530 g/mol. The zero-order valence-electron chi connectivity index (χ0n) is 20.2. The zero-order valence-corrected chi connectivity index (χ0v) is 20.9. The van der Waals surface area contributed by atoms with Gasteiger partial charge in [-0.1, -0.05) is 17.7 Å². The smallest absolute Gasteiger partial charge is 0.434 e. The Kier molecular flexibility index (Phi) is 6.49. The molecule has 0 radical (unpaired) electrons. The Morgan fingerprint density at radius 3 is 2.54 bits per heavy atom. The van der Waals surface area contributed by atoms with Crippen molar-refractivity contribution in [1.82, 2.24) is 29.5 Å². The molecule has 3 aromatic heterocycles. The van der Waals surface area contributed by atoms with Gasteiger partial charge in [-0.2, -0.15) is 18.2 Å². The lowest BCUT2D eigenvalue weighted by atomic mass is 10.1. The third kappa shape index (κ3) is 5.08. The Hall–Kier alpha value is -3.73. The molecule has 0 atom stereocenters. The number of imidazole rings is 1. The van der Waals surface area contributed by atoms with Crippen LogP contribution >= 0.6 is 11.6 Å². The van der Waals surface area contributed by atoms with E-state index in [0.29, 0.717) is 40.2 Å². The van der Waals surface area contributed by atoms with Crippen LogP contribution in [0.25, 0.3) is 22.8 Å². The minimum Gasteiger partial charge on any atom is -0.480 e. The van der Waals surface area contributed by atoms with Crippen LogP contribution in [0.1, 0.15) is 41.3 Å². The maximum atomic E-state index is 13.0. The van der Waals surface area contributed by atoms with Crippen LogP contribution < -0.4 is 9.47 Å². The molecule has 0 saturated heterocycles. The molecule has 37 heavy (non-hydrogen) atoms. The number of rotatable bonds is 7. The fraction of sp³-hybridized carbons (Fsp3) is 0.320. The van der Waals surface area contributed by atoms with Gasteiger partial charge in [0.15, 0.2) is 11.5 Å². The van der Waals surface area contributed by atoms with E-state index in [-0.39, 0.29) is 17.5 Å². The molecule has 1 aromatic carbocycles. The number of methoxy groups -OCH3 is 1. The first-order valence-corrected chi connectivity index (χ1v) is 11.8. The molecule has 12 heteroatoms. The number of benzene rings is 1. The van der Waals surface area contributed by atoms with Crippen molar-refractivity contribution >= 4 is 11.6 Å². The summed E-state index contributed by atoms with van der Waals surface area (Å²) in [7, 11) is 3.03. The maximum Gasteiger partial charge on any atom is 0.434 e. The second-order valence-electron chi connectivity index (χ2n) is 8.76. The highest BCUT2D eigenvalue weighted by molar-refractivity contribution is 6.33. The second kappa shape index (κ2) is 9.62.